The molecule has 0 bridgehead atoms. The second-order valence-electron chi connectivity index (χ2n) is 5.18. The van der Waals surface area contributed by atoms with Gasteiger partial charge in [0, 0.05) is 13.1 Å². The Labute approximate surface area is 109 Å². The summed E-state index contributed by atoms with van der Waals surface area (Å²) in [6.45, 7) is 1.53. The van der Waals surface area contributed by atoms with E-state index in [2.05, 4.69) is 11.4 Å². The molecule has 1 amide bonds. The highest BCUT2D eigenvalue weighted by Crippen LogP contribution is 2.26. The zero-order chi connectivity index (χ0) is 13.4. The average molecular weight is 252 g/mol. The van der Waals surface area contributed by atoms with Crippen molar-refractivity contribution < 1.29 is 4.79 Å². The fraction of sp³-hybridized carbons (Fsp3) is 0.846. The van der Waals surface area contributed by atoms with E-state index in [4.69, 9.17) is 5.73 Å². The van der Waals surface area contributed by atoms with Crippen LogP contribution in [0.4, 0.5) is 0 Å². The Morgan fingerprint density at radius 1 is 1.39 bits per heavy atom. The van der Waals surface area contributed by atoms with Gasteiger partial charge in [0.25, 0.3) is 0 Å². The maximum atomic E-state index is 11.9. The number of hydrogen-bond donors (Lipinski definition) is 2. The van der Waals surface area contributed by atoms with E-state index in [1.807, 2.05) is 11.9 Å². The van der Waals surface area contributed by atoms with Gasteiger partial charge in [-0.2, -0.15) is 5.26 Å². The van der Waals surface area contributed by atoms with Crippen LogP contribution in [-0.4, -0.2) is 43.0 Å². The Morgan fingerprint density at radius 2 is 2.00 bits per heavy atom. The summed E-state index contributed by atoms with van der Waals surface area (Å²) in [5.41, 5.74) is 4.79. The maximum absolute atomic E-state index is 11.9. The fourth-order valence-corrected chi connectivity index (χ4v) is 2.45. The predicted molar refractivity (Wildman–Crippen MR) is 70.7 cm³/mol. The summed E-state index contributed by atoms with van der Waals surface area (Å²) in [4.78, 5) is 13.8. The van der Waals surface area contributed by atoms with Gasteiger partial charge in [-0.15, -0.1) is 0 Å². The van der Waals surface area contributed by atoms with Crippen molar-refractivity contribution in [2.24, 2.45) is 5.73 Å². The third kappa shape index (κ3) is 4.63. The molecule has 0 unspecified atom stereocenters. The Kier molecular flexibility index (Phi) is 6.10. The van der Waals surface area contributed by atoms with E-state index < -0.39 is 5.54 Å². The minimum absolute atomic E-state index is 0.0746. The molecule has 102 valence electrons. The first kappa shape index (κ1) is 14.9. The summed E-state index contributed by atoms with van der Waals surface area (Å²) in [6, 6.07) is 2.32. The summed E-state index contributed by atoms with van der Waals surface area (Å²) in [6.07, 6.45) is 5.91. The lowest BCUT2D eigenvalue weighted by Crippen LogP contribution is -2.50. The van der Waals surface area contributed by atoms with Crippen LogP contribution in [0.15, 0.2) is 0 Å². The molecule has 0 radical (unpaired) electrons. The second kappa shape index (κ2) is 7.34. The lowest BCUT2D eigenvalue weighted by molar-refractivity contribution is -0.123. The van der Waals surface area contributed by atoms with Gasteiger partial charge in [0.2, 0.25) is 5.91 Å². The van der Waals surface area contributed by atoms with Gasteiger partial charge in [0.15, 0.2) is 0 Å². The first-order valence-electron chi connectivity index (χ1n) is 6.73. The van der Waals surface area contributed by atoms with Gasteiger partial charge in [-0.05, 0) is 19.9 Å². The molecule has 0 saturated heterocycles. The first-order chi connectivity index (χ1) is 8.62. The largest absolute Gasteiger partial charge is 0.337 e. The normalized spacial score (nSPS) is 19.0. The molecule has 0 aliphatic heterocycles. The molecule has 1 aliphatic carbocycles. The number of carbonyl (C=O) groups excluding carboxylic acids is 1. The molecule has 18 heavy (non-hydrogen) atoms. The highest BCUT2D eigenvalue weighted by Gasteiger charge is 2.32. The number of nitrogens with zero attached hydrogens (tertiary/aromatic N) is 2. The van der Waals surface area contributed by atoms with Crippen LogP contribution >= 0.6 is 0 Å². The minimum Gasteiger partial charge on any atom is -0.337 e. The number of nitrogens with two attached hydrogens (primary N) is 1. The van der Waals surface area contributed by atoms with Crippen molar-refractivity contribution in [2.75, 3.05) is 26.7 Å². The lowest BCUT2D eigenvalue weighted by Gasteiger charge is -2.27. The van der Waals surface area contributed by atoms with E-state index in [-0.39, 0.29) is 5.91 Å². The van der Waals surface area contributed by atoms with Crippen molar-refractivity contribution >= 4 is 5.91 Å². The zero-order valence-corrected chi connectivity index (χ0v) is 11.2. The number of nitrogens with one attached hydrogen (secondary N) is 1. The Hall–Kier alpha value is -1.12. The predicted octanol–water partition coefficient (Wildman–Crippen LogP) is 0.610. The number of rotatable bonds is 5. The summed E-state index contributed by atoms with van der Waals surface area (Å²) in [7, 11) is 1.86. The molecule has 1 saturated carbocycles. The quantitative estimate of drug-likeness (QED) is 0.702. The Morgan fingerprint density at radius 3 is 2.50 bits per heavy atom. The molecule has 1 fully saturated rings. The average Bonchev–Trinajstić information content (AvgIpc) is 2.55. The highest BCUT2D eigenvalue weighted by molar-refractivity contribution is 5.79. The number of likely N-dealkylation sites (N-methyl/N-ethyl adjacent to an activating group) is 1. The topological polar surface area (TPSA) is 82.2 Å². The van der Waals surface area contributed by atoms with E-state index >= 15 is 0 Å². The van der Waals surface area contributed by atoms with Crippen molar-refractivity contribution in [3.63, 3.8) is 0 Å². The van der Waals surface area contributed by atoms with Gasteiger partial charge < -0.3 is 11.1 Å². The van der Waals surface area contributed by atoms with Gasteiger partial charge in [0.1, 0.15) is 5.54 Å². The Bertz CT molecular complexity index is 303. The van der Waals surface area contributed by atoms with Crippen LogP contribution in [0.25, 0.3) is 0 Å². The van der Waals surface area contributed by atoms with Crippen LogP contribution in [0, 0.1) is 11.3 Å². The van der Waals surface area contributed by atoms with Crippen molar-refractivity contribution in [3.05, 3.63) is 0 Å². The van der Waals surface area contributed by atoms with Crippen LogP contribution in [-0.2, 0) is 4.79 Å². The van der Waals surface area contributed by atoms with Gasteiger partial charge >= 0.3 is 0 Å². The van der Waals surface area contributed by atoms with Gasteiger partial charge in [0.05, 0.1) is 12.6 Å². The third-order valence-corrected chi connectivity index (χ3v) is 3.47. The molecular weight excluding hydrogens is 228 g/mol. The van der Waals surface area contributed by atoms with E-state index in [1.54, 1.807) is 0 Å². The molecule has 0 heterocycles. The standard InChI is InChI=1S/C13H24N4O/c1-17(9-8-14)10-12(18)16-13(11-15)6-4-2-3-5-7-13/h2-10,14H2,1H3,(H,16,18). The summed E-state index contributed by atoms with van der Waals surface area (Å²) in [5, 5.41) is 12.3. The third-order valence-electron chi connectivity index (χ3n) is 3.47. The van der Waals surface area contributed by atoms with Crippen molar-refractivity contribution in [2.45, 2.75) is 44.1 Å². The molecule has 0 aromatic carbocycles. The van der Waals surface area contributed by atoms with Crippen LogP contribution in [0.3, 0.4) is 0 Å². The number of amides is 1. The molecule has 3 N–H and O–H groups in total. The first-order valence-corrected chi connectivity index (χ1v) is 6.73. The molecule has 0 aromatic heterocycles. The smallest absolute Gasteiger partial charge is 0.235 e. The van der Waals surface area contributed by atoms with Crippen LogP contribution in [0.2, 0.25) is 0 Å². The number of nitriles is 1. The molecule has 0 aromatic rings. The van der Waals surface area contributed by atoms with E-state index in [0.29, 0.717) is 19.6 Å². The maximum Gasteiger partial charge on any atom is 0.235 e. The number of hydrogen-bond acceptors (Lipinski definition) is 4. The molecule has 5 nitrogen and oxygen atoms in total. The van der Waals surface area contributed by atoms with Crippen molar-refractivity contribution in [1.29, 1.82) is 5.26 Å². The molecule has 0 atom stereocenters. The second-order valence-corrected chi connectivity index (χ2v) is 5.18. The minimum atomic E-state index is -0.642. The van der Waals surface area contributed by atoms with Crippen molar-refractivity contribution in [3.8, 4) is 6.07 Å². The molecule has 0 spiro atoms. The lowest BCUT2D eigenvalue weighted by atomic mass is 9.92. The number of carbonyl (C=O) groups is 1. The van der Waals surface area contributed by atoms with Crippen LogP contribution < -0.4 is 11.1 Å². The zero-order valence-electron chi connectivity index (χ0n) is 11.2. The summed E-state index contributed by atoms with van der Waals surface area (Å²) < 4.78 is 0. The van der Waals surface area contributed by atoms with E-state index in [9.17, 15) is 10.1 Å². The molecule has 5 heteroatoms. The monoisotopic (exact) mass is 252 g/mol. The fourth-order valence-electron chi connectivity index (χ4n) is 2.45. The summed E-state index contributed by atoms with van der Waals surface area (Å²) in [5.74, 6) is -0.0746. The van der Waals surface area contributed by atoms with Crippen LogP contribution in [0.1, 0.15) is 38.5 Å². The van der Waals surface area contributed by atoms with Gasteiger partial charge in [-0.1, -0.05) is 25.7 Å². The molecular formula is C13H24N4O. The van der Waals surface area contributed by atoms with E-state index in [0.717, 1.165) is 38.5 Å². The van der Waals surface area contributed by atoms with Gasteiger partial charge in [-0.3, -0.25) is 9.69 Å². The highest BCUT2D eigenvalue weighted by atomic mass is 16.2. The molecule has 1 aliphatic rings. The summed E-state index contributed by atoms with van der Waals surface area (Å²) >= 11 is 0. The molecule has 1 rings (SSSR count). The van der Waals surface area contributed by atoms with Crippen molar-refractivity contribution in [1.82, 2.24) is 10.2 Å². The van der Waals surface area contributed by atoms with E-state index in [1.165, 1.54) is 0 Å². The SMILES string of the molecule is CN(CCN)CC(=O)NC1(C#N)CCCCCC1. The van der Waals surface area contributed by atoms with Gasteiger partial charge in [-0.25, -0.2) is 0 Å². The Balaban J connectivity index is 2.51. The van der Waals surface area contributed by atoms with Crippen LogP contribution in [0.5, 0.6) is 0 Å².